The fourth-order valence-corrected chi connectivity index (χ4v) is 3.32. The largest absolute Gasteiger partial charge is 0.384 e. The van der Waals surface area contributed by atoms with Gasteiger partial charge in [-0.25, -0.2) is 0 Å². The maximum Gasteiger partial charge on any atom is 0.119 e. The number of fused-ring (bicyclic) bond motifs is 2. The maximum atomic E-state index is 10.3. The monoisotopic (exact) mass is 296 g/mol. The molecule has 0 fully saturated rings. The van der Waals surface area contributed by atoms with Gasteiger partial charge in [0.1, 0.15) is 6.29 Å². The van der Waals surface area contributed by atoms with Crippen molar-refractivity contribution in [2.24, 2.45) is 0 Å². The molecule has 0 saturated heterocycles. The summed E-state index contributed by atoms with van der Waals surface area (Å²) in [6, 6.07) is 8.44. The summed E-state index contributed by atoms with van der Waals surface area (Å²) in [5.74, 6) is 0. The zero-order valence-electron chi connectivity index (χ0n) is 13.1. The lowest BCUT2D eigenvalue weighted by molar-refractivity contribution is -0.107. The molecule has 0 atom stereocenters. The van der Waals surface area contributed by atoms with Crippen molar-refractivity contribution in [3.8, 4) is 0 Å². The van der Waals surface area contributed by atoms with E-state index in [1.807, 2.05) is 0 Å². The highest BCUT2D eigenvalue weighted by molar-refractivity contribution is 5.93. The van der Waals surface area contributed by atoms with E-state index in [0.717, 1.165) is 50.5 Å². The van der Waals surface area contributed by atoms with Crippen LogP contribution in [0.25, 0.3) is 10.9 Å². The summed E-state index contributed by atoms with van der Waals surface area (Å²) in [5.41, 5.74) is 5.12. The van der Waals surface area contributed by atoms with E-state index in [4.69, 9.17) is 4.98 Å². The Balaban J connectivity index is 1.79. The van der Waals surface area contributed by atoms with Crippen molar-refractivity contribution in [2.75, 3.05) is 11.9 Å². The third-order valence-electron chi connectivity index (χ3n) is 4.47. The van der Waals surface area contributed by atoms with Crippen molar-refractivity contribution < 1.29 is 4.79 Å². The predicted molar refractivity (Wildman–Crippen MR) is 91.4 cm³/mol. The predicted octanol–water partition coefficient (Wildman–Crippen LogP) is 4.28. The van der Waals surface area contributed by atoms with Gasteiger partial charge in [0.2, 0.25) is 0 Å². The number of aryl methyl sites for hydroxylation is 1. The molecule has 0 saturated carbocycles. The zero-order valence-corrected chi connectivity index (χ0v) is 13.1. The van der Waals surface area contributed by atoms with Gasteiger partial charge >= 0.3 is 0 Å². The van der Waals surface area contributed by atoms with Crippen LogP contribution in [0, 0.1) is 0 Å². The van der Waals surface area contributed by atoms with Gasteiger partial charge in [0.25, 0.3) is 0 Å². The van der Waals surface area contributed by atoms with E-state index in [0.29, 0.717) is 6.42 Å². The number of hydrogen-bond donors (Lipinski definition) is 1. The standard InChI is InChI=1S/C19H24N2O/c22-14-8-2-1-7-13-20-19-15-9-3-5-11-17(15)21-18-12-6-4-10-16(18)19/h3,5,9,11,14H,1-2,4,6-8,10,12-13H2,(H,20,21). The van der Waals surface area contributed by atoms with Gasteiger partial charge in [0, 0.05) is 29.7 Å². The molecule has 3 heteroatoms. The minimum atomic E-state index is 0.688. The highest BCUT2D eigenvalue weighted by Crippen LogP contribution is 2.33. The molecule has 0 radical (unpaired) electrons. The zero-order chi connectivity index (χ0) is 15.2. The van der Waals surface area contributed by atoms with E-state index in [2.05, 4.69) is 29.6 Å². The van der Waals surface area contributed by atoms with Crippen molar-refractivity contribution in [3.05, 3.63) is 35.5 Å². The number of benzene rings is 1. The van der Waals surface area contributed by atoms with Gasteiger partial charge in [-0.05, 0) is 50.2 Å². The lowest BCUT2D eigenvalue weighted by atomic mass is 9.92. The fraction of sp³-hybridized carbons (Fsp3) is 0.474. The second-order valence-electron chi connectivity index (χ2n) is 6.08. The number of carbonyl (C=O) groups excluding carboxylic acids is 1. The molecule has 1 heterocycles. The average molecular weight is 296 g/mol. The van der Waals surface area contributed by atoms with Crippen molar-refractivity contribution in [3.63, 3.8) is 0 Å². The van der Waals surface area contributed by atoms with Crippen molar-refractivity contribution >= 4 is 22.9 Å². The normalized spacial score (nSPS) is 13.8. The molecule has 0 amide bonds. The van der Waals surface area contributed by atoms with Crippen LogP contribution in [0.4, 0.5) is 5.69 Å². The third-order valence-corrected chi connectivity index (χ3v) is 4.47. The Bertz CT molecular complexity index is 651. The molecule has 0 aliphatic heterocycles. The number of nitrogens with one attached hydrogen (secondary N) is 1. The van der Waals surface area contributed by atoms with Gasteiger partial charge in [-0.3, -0.25) is 4.98 Å². The topological polar surface area (TPSA) is 42.0 Å². The molecule has 1 aliphatic carbocycles. The first kappa shape index (κ1) is 15.0. The summed E-state index contributed by atoms with van der Waals surface area (Å²) in [5, 5.41) is 4.91. The second-order valence-corrected chi connectivity index (χ2v) is 6.08. The van der Waals surface area contributed by atoms with Crippen LogP contribution in [0.15, 0.2) is 24.3 Å². The molecule has 0 unspecified atom stereocenters. The first-order valence-corrected chi connectivity index (χ1v) is 8.48. The Labute approximate surface area is 132 Å². The smallest absolute Gasteiger partial charge is 0.119 e. The molecule has 3 rings (SSSR count). The summed E-state index contributed by atoms with van der Waals surface area (Å²) < 4.78 is 0. The number of aromatic nitrogens is 1. The number of nitrogens with zero attached hydrogens (tertiary/aromatic N) is 1. The second kappa shape index (κ2) is 7.39. The van der Waals surface area contributed by atoms with E-state index in [1.54, 1.807) is 0 Å². The van der Waals surface area contributed by atoms with Crippen LogP contribution < -0.4 is 5.32 Å². The van der Waals surface area contributed by atoms with Crippen LogP contribution in [-0.4, -0.2) is 17.8 Å². The highest BCUT2D eigenvalue weighted by Gasteiger charge is 2.17. The van der Waals surface area contributed by atoms with Gasteiger partial charge < -0.3 is 10.1 Å². The molecule has 2 aromatic rings. The number of aldehydes is 1. The maximum absolute atomic E-state index is 10.3. The summed E-state index contributed by atoms with van der Waals surface area (Å²) >= 11 is 0. The van der Waals surface area contributed by atoms with E-state index in [9.17, 15) is 4.79 Å². The Morgan fingerprint density at radius 2 is 1.95 bits per heavy atom. The van der Waals surface area contributed by atoms with Gasteiger partial charge in [0.15, 0.2) is 0 Å². The SMILES string of the molecule is O=CCCCCCNc1c2c(nc3ccccc13)CCCC2. The molecule has 0 bridgehead atoms. The van der Waals surface area contributed by atoms with Crippen molar-refractivity contribution in [1.29, 1.82) is 0 Å². The molecule has 3 nitrogen and oxygen atoms in total. The quantitative estimate of drug-likeness (QED) is 0.612. The number of anilines is 1. The fourth-order valence-electron chi connectivity index (χ4n) is 3.32. The molecule has 1 N–H and O–H groups in total. The summed E-state index contributed by atoms with van der Waals surface area (Å²) in [6.07, 6.45) is 9.68. The van der Waals surface area contributed by atoms with Gasteiger partial charge in [-0.2, -0.15) is 0 Å². The lowest BCUT2D eigenvalue weighted by Gasteiger charge is -2.21. The number of carbonyl (C=O) groups is 1. The Morgan fingerprint density at radius 1 is 1.09 bits per heavy atom. The van der Waals surface area contributed by atoms with Crippen LogP contribution in [-0.2, 0) is 17.6 Å². The van der Waals surface area contributed by atoms with E-state index < -0.39 is 0 Å². The number of unbranched alkanes of at least 4 members (excludes halogenated alkanes) is 3. The average Bonchev–Trinajstić information content (AvgIpc) is 2.57. The van der Waals surface area contributed by atoms with Gasteiger partial charge in [-0.15, -0.1) is 0 Å². The first-order valence-electron chi connectivity index (χ1n) is 8.48. The minimum absolute atomic E-state index is 0.688. The van der Waals surface area contributed by atoms with Crippen molar-refractivity contribution in [1.82, 2.24) is 4.98 Å². The van der Waals surface area contributed by atoms with Crippen molar-refractivity contribution in [2.45, 2.75) is 51.4 Å². The number of hydrogen-bond acceptors (Lipinski definition) is 3. The van der Waals surface area contributed by atoms with Crippen LogP contribution >= 0.6 is 0 Å². The molecule has 1 aromatic heterocycles. The number of para-hydroxylation sites is 1. The molecular formula is C19H24N2O. The first-order chi connectivity index (χ1) is 10.9. The number of rotatable bonds is 7. The Morgan fingerprint density at radius 3 is 2.86 bits per heavy atom. The summed E-state index contributed by atoms with van der Waals surface area (Å²) in [6.45, 7) is 0.972. The molecule has 116 valence electrons. The Hall–Kier alpha value is -1.90. The van der Waals surface area contributed by atoms with Crippen LogP contribution in [0.2, 0.25) is 0 Å². The van der Waals surface area contributed by atoms with Gasteiger partial charge in [-0.1, -0.05) is 24.6 Å². The van der Waals surface area contributed by atoms with Gasteiger partial charge in [0.05, 0.1) is 5.52 Å². The Kier molecular flexibility index (Phi) is 5.04. The summed E-state index contributed by atoms with van der Waals surface area (Å²) in [7, 11) is 0. The summed E-state index contributed by atoms with van der Waals surface area (Å²) in [4.78, 5) is 15.2. The third kappa shape index (κ3) is 3.29. The van der Waals surface area contributed by atoms with E-state index in [-0.39, 0.29) is 0 Å². The number of pyridine rings is 1. The van der Waals surface area contributed by atoms with E-state index >= 15 is 0 Å². The van der Waals surface area contributed by atoms with Crippen LogP contribution in [0.1, 0.15) is 49.8 Å². The molecule has 0 spiro atoms. The molecule has 1 aliphatic rings. The lowest BCUT2D eigenvalue weighted by Crippen LogP contribution is -2.12. The minimum Gasteiger partial charge on any atom is -0.384 e. The highest BCUT2D eigenvalue weighted by atomic mass is 16.1. The van der Waals surface area contributed by atoms with E-state index in [1.165, 1.54) is 35.2 Å². The molecular weight excluding hydrogens is 272 g/mol. The molecule has 1 aromatic carbocycles. The molecule has 22 heavy (non-hydrogen) atoms. The van der Waals surface area contributed by atoms with Crippen LogP contribution in [0.3, 0.4) is 0 Å². The van der Waals surface area contributed by atoms with Crippen LogP contribution in [0.5, 0.6) is 0 Å².